The molecule has 0 atom stereocenters. The van der Waals surface area contributed by atoms with Gasteiger partial charge in [-0.05, 0) is 6.42 Å². The minimum absolute atomic E-state index is 0.123. The average molecular weight is 214 g/mol. The van der Waals surface area contributed by atoms with E-state index >= 15 is 0 Å². The highest BCUT2D eigenvalue weighted by Gasteiger charge is 1.83. The van der Waals surface area contributed by atoms with Crippen LogP contribution in [-0.2, 0) is 14.3 Å². The Morgan fingerprint density at radius 3 is 2.40 bits per heavy atom. The van der Waals surface area contributed by atoms with Crippen LogP contribution in [0.4, 0.5) is 0 Å². The first kappa shape index (κ1) is 14.0. The van der Waals surface area contributed by atoms with Crippen LogP contribution in [-0.4, -0.2) is 51.8 Å². The molecular weight excluding hydrogens is 196 g/mol. The van der Waals surface area contributed by atoms with Crippen molar-refractivity contribution < 1.29 is 14.3 Å². The summed E-state index contributed by atoms with van der Waals surface area (Å²) in [5.74, 6) is 0. The third-order valence-electron chi connectivity index (χ3n) is 1.37. The van der Waals surface area contributed by atoms with E-state index in [1.54, 1.807) is 0 Å². The molecule has 0 saturated heterocycles. The number of aliphatic imine (C=N–C) groups is 2. The molecule has 0 aliphatic heterocycles. The van der Waals surface area contributed by atoms with Gasteiger partial charge in [-0.2, -0.15) is 0 Å². The van der Waals surface area contributed by atoms with Crippen molar-refractivity contribution in [2.45, 2.75) is 13.3 Å². The minimum atomic E-state index is 0.123. The summed E-state index contributed by atoms with van der Waals surface area (Å²) in [6, 6.07) is 2.54. The standard InChI is InChI=1S/C10H18N2O3/c1-2-6-14-7-3-11-10-12-4-8-15-9-5-13/h5H,2-4,6-9H2,1H3. The zero-order valence-corrected chi connectivity index (χ0v) is 9.15. The second-order valence-electron chi connectivity index (χ2n) is 2.72. The number of hydrogen-bond acceptors (Lipinski definition) is 5. The molecule has 0 spiro atoms. The topological polar surface area (TPSA) is 60.3 Å². The summed E-state index contributed by atoms with van der Waals surface area (Å²) in [6.45, 7) is 5.05. The van der Waals surface area contributed by atoms with Crippen molar-refractivity contribution in [3.05, 3.63) is 0 Å². The fourth-order valence-corrected chi connectivity index (χ4v) is 0.748. The van der Waals surface area contributed by atoms with Crippen molar-refractivity contribution >= 4 is 12.3 Å². The Hall–Kier alpha value is -1.03. The molecule has 86 valence electrons. The predicted octanol–water partition coefficient (Wildman–Crippen LogP) is 0.802. The van der Waals surface area contributed by atoms with Crippen LogP contribution in [0.25, 0.3) is 0 Å². The molecule has 0 heterocycles. The van der Waals surface area contributed by atoms with E-state index in [9.17, 15) is 4.79 Å². The lowest BCUT2D eigenvalue weighted by Gasteiger charge is -1.96. The highest BCUT2D eigenvalue weighted by Crippen LogP contribution is 1.79. The molecule has 0 fully saturated rings. The zero-order valence-electron chi connectivity index (χ0n) is 9.15. The number of ether oxygens (including phenoxy) is 2. The molecule has 0 unspecified atom stereocenters. The lowest BCUT2D eigenvalue weighted by molar-refractivity contribution is -0.111. The van der Waals surface area contributed by atoms with E-state index in [2.05, 4.69) is 22.9 Å². The molecule has 0 saturated carbocycles. The summed E-state index contributed by atoms with van der Waals surface area (Å²) in [6.07, 6.45) is 1.73. The van der Waals surface area contributed by atoms with Gasteiger partial charge < -0.3 is 14.3 Å². The van der Waals surface area contributed by atoms with Gasteiger partial charge in [-0.3, -0.25) is 0 Å². The summed E-state index contributed by atoms with van der Waals surface area (Å²) in [7, 11) is 0. The Bertz CT molecular complexity index is 201. The van der Waals surface area contributed by atoms with E-state index < -0.39 is 0 Å². The predicted molar refractivity (Wildman–Crippen MR) is 57.6 cm³/mol. The fourth-order valence-electron chi connectivity index (χ4n) is 0.748. The molecule has 0 amide bonds. The summed E-state index contributed by atoms with van der Waals surface area (Å²) in [5.41, 5.74) is 0. The molecule has 15 heavy (non-hydrogen) atoms. The van der Waals surface area contributed by atoms with Crippen LogP contribution >= 0.6 is 0 Å². The average Bonchev–Trinajstić information content (AvgIpc) is 2.26. The van der Waals surface area contributed by atoms with E-state index in [1.165, 1.54) is 0 Å². The largest absolute Gasteiger partial charge is 0.380 e. The quantitative estimate of drug-likeness (QED) is 0.307. The normalized spacial score (nSPS) is 9.40. The van der Waals surface area contributed by atoms with Gasteiger partial charge in [0, 0.05) is 6.61 Å². The Kier molecular flexibility index (Phi) is 12.1. The van der Waals surface area contributed by atoms with Gasteiger partial charge >= 0.3 is 0 Å². The Morgan fingerprint density at radius 2 is 1.80 bits per heavy atom. The number of carbonyl (C=O) groups excluding carboxylic acids is 1. The van der Waals surface area contributed by atoms with Gasteiger partial charge in [-0.25, -0.2) is 9.98 Å². The maximum Gasteiger partial charge on any atom is 0.145 e. The molecule has 0 rings (SSSR count). The lowest BCUT2D eigenvalue weighted by Crippen LogP contribution is -2.00. The van der Waals surface area contributed by atoms with Crippen LogP contribution in [0.5, 0.6) is 0 Å². The molecule has 0 aromatic heterocycles. The van der Waals surface area contributed by atoms with Gasteiger partial charge in [-0.15, -0.1) is 0 Å². The Morgan fingerprint density at radius 1 is 1.13 bits per heavy atom. The van der Waals surface area contributed by atoms with E-state index in [0.717, 1.165) is 13.0 Å². The SMILES string of the molecule is CCCOCCN=C=NCCOCC=O. The molecule has 0 N–H and O–H groups in total. The van der Waals surface area contributed by atoms with Crippen molar-refractivity contribution in [1.82, 2.24) is 0 Å². The van der Waals surface area contributed by atoms with Crippen LogP contribution in [0.2, 0.25) is 0 Å². The summed E-state index contributed by atoms with van der Waals surface area (Å²) < 4.78 is 10.1. The van der Waals surface area contributed by atoms with Crippen LogP contribution in [0.3, 0.4) is 0 Å². The van der Waals surface area contributed by atoms with Gasteiger partial charge in [0.1, 0.15) is 12.9 Å². The van der Waals surface area contributed by atoms with E-state index in [1.807, 2.05) is 0 Å². The van der Waals surface area contributed by atoms with Gasteiger partial charge in [0.05, 0.1) is 32.3 Å². The number of hydrogen-bond donors (Lipinski definition) is 0. The van der Waals surface area contributed by atoms with Crippen molar-refractivity contribution in [1.29, 1.82) is 0 Å². The molecule has 0 bridgehead atoms. The molecule has 0 aliphatic rings. The van der Waals surface area contributed by atoms with Crippen LogP contribution in [0.15, 0.2) is 9.98 Å². The second-order valence-corrected chi connectivity index (χ2v) is 2.72. The zero-order chi connectivity index (χ0) is 11.2. The van der Waals surface area contributed by atoms with Crippen molar-refractivity contribution in [3.63, 3.8) is 0 Å². The third kappa shape index (κ3) is 13.0. The maximum atomic E-state index is 9.86. The number of nitrogens with zero attached hydrogens (tertiary/aromatic N) is 2. The second kappa shape index (κ2) is 13.0. The van der Waals surface area contributed by atoms with Gasteiger partial charge in [0.25, 0.3) is 0 Å². The minimum Gasteiger partial charge on any atom is -0.380 e. The number of rotatable bonds is 10. The highest BCUT2D eigenvalue weighted by molar-refractivity contribution is 5.50. The third-order valence-corrected chi connectivity index (χ3v) is 1.37. The molecule has 5 nitrogen and oxygen atoms in total. The van der Waals surface area contributed by atoms with E-state index in [-0.39, 0.29) is 6.61 Å². The first-order valence-corrected chi connectivity index (χ1v) is 5.09. The summed E-state index contributed by atoms with van der Waals surface area (Å²) in [5, 5.41) is 0. The fraction of sp³-hybridized carbons (Fsp3) is 0.800. The monoisotopic (exact) mass is 214 g/mol. The Labute approximate surface area is 90.2 Å². The van der Waals surface area contributed by atoms with Crippen molar-refractivity contribution in [3.8, 4) is 0 Å². The van der Waals surface area contributed by atoms with Gasteiger partial charge in [0.15, 0.2) is 0 Å². The van der Waals surface area contributed by atoms with Gasteiger partial charge in [0.2, 0.25) is 0 Å². The number of carbonyl (C=O) groups is 1. The molecule has 0 aliphatic carbocycles. The Balaban J connectivity index is 3.19. The first-order chi connectivity index (χ1) is 7.41. The molecule has 5 heteroatoms. The van der Waals surface area contributed by atoms with Crippen molar-refractivity contribution in [2.75, 3.05) is 39.5 Å². The summed E-state index contributed by atoms with van der Waals surface area (Å²) in [4.78, 5) is 17.6. The van der Waals surface area contributed by atoms with Gasteiger partial charge in [-0.1, -0.05) is 6.92 Å². The number of aldehydes is 1. The van der Waals surface area contributed by atoms with E-state index in [0.29, 0.717) is 32.6 Å². The summed E-state index contributed by atoms with van der Waals surface area (Å²) >= 11 is 0. The van der Waals surface area contributed by atoms with Crippen molar-refractivity contribution in [2.24, 2.45) is 9.98 Å². The van der Waals surface area contributed by atoms with E-state index in [4.69, 9.17) is 9.47 Å². The van der Waals surface area contributed by atoms with Crippen LogP contribution in [0, 0.1) is 0 Å². The molecule has 0 aromatic rings. The molecular formula is C10H18N2O3. The molecule has 0 aromatic carbocycles. The molecule has 0 radical (unpaired) electrons. The van der Waals surface area contributed by atoms with Crippen LogP contribution in [0.1, 0.15) is 13.3 Å². The highest BCUT2D eigenvalue weighted by atomic mass is 16.5. The lowest BCUT2D eigenvalue weighted by atomic mass is 10.5. The first-order valence-electron chi connectivity index (χ1n) is 5.09. The maximum absolute atomic E-state index is 9.86. The van der Waals surface area contributed by atoms with Crippen LogP contribution < -0.4 is 0 Å². The smallest absolute Gasteiger partial charge is 0.145 e.